The molecule has 0 aromatic carbocycles. The minimum Gasteiger partial charge on any atom is -0.317 e. The first kappa shape index (κ1) is 22.9. The van der Waals surface area contributed by atoms with Crippen LogP contribution in [0, 0.1) is 5.92 Å². The first-order chi connectivity index (χ1) is 11.8. The van der Waals surface area contributed by atoms with E-state index in [1.54, 1.807) is 0 Å². The van der Waals surface area contributed by atoms with Crippen molar-refractivity contribution < 1.29 is 0 Å². The molecule has 1 N–H and O–H groups in total. The number of hydrogen-bond acceptors (Lipinski definition) is 1. The van der Waals surface area contributed by atoms with Gasteiger partial charge in [0, 0.05) is 0 Å². The van der Waals surface area contributed by atoms with E-state index in [1.165, 1.54) is 45.1 Å². The minimum atomic E-state index is 0.695. The largest absolute Gasteiger partial charge is 0.317 e. The van der Waals surface area contributed by atoms with Crippen LogP contribution in [0.1, 0.15) is 78.6 Å². The second kappa shape index (κ2) is 20.0. The molecule has 0 rings (SSSR count). The third-order valence-electron chi connectivity index (χ3n) is 4.18. The molecule has 138 valence electrons. The fourth-order valence-corrected chi connectivity index (χ4v) is 2.53. The van der Waals surface area contributed by atoms with Crippen LogP contribution in [-0.4, -0.2) is 13.1 Å². The molecule has 24 heavy (non-hydrogen) atoms. The fourth-order valence-electron chi connectivity index (χ4n) is 2.53. The lowest BCUT2D eigenvalue weighted by Crippen LogP contribution is -2.18. The topological polar surface area (TPSA) is 12.0 Å². The van der Waals surface area contributed by atoms with Crippen LogP contribution in [0.3, 0.4) is 0 Å². The number of nitrogens with one attached hydrogen (secondary N) is 1. The van der Waals surface area contributed by atoms with Gasteiger partial charge in [0.15, 0.2) is 0 Å². The van der Waals surface area contributed by atoms with E-state index in [0.29, 0.717) is 5.92 Å². The zero-order valence-corrected chi connectivity index (χ0v) is 16.5. The Bertz CT molecular complexity index is 349. The average molecular weight is 332 g/mol. The number of unbranched alkanes of at least 4 members (excludes halogenated alkanes) is 4. The molecule has 0 aromatic heterocycles. The summed E-state index contributed by atoms with van der Waals surface area (Å²) in [5, 5.41) is 3.58. The summed E-state index contributed by atoms with van der Waals surface area (Å²) in [6.45, 7) is 9.04. The Labute approximate surface area is 152 Å². The maximum absolute atomic E-state index is 3.58. The molecular weight excluding hydrogens is 290 g/mol. The van der Waals surface area contributed by atoms with Crippen molar-refractivity contribution in [3.8, 4) is 0 Å². The maximum Gasteiger partial charge on any atom is -0.00433 e. The predicted molar refractivity (Wildman–Crippen MR) is 111 cm³/mol. The van der Waals surface area contributed by atoms with Gasteiger partial charge in [-0.25, -0.2) is 0 Å². The Kier molecular flexibility index (Phi) is 19.1. The van der Waals surface area contributed by atoms with Crippen molar-refractivity contribution >= 4 is 0 Å². The molecule has 0 spiro atoms. The molecule has 0 saturated carbocycles. The molecule has 0 radical (unpaired) electrons. The third kappa shape index (κ3) is 17.3. The van der Waals surface area contributed by atoms with Crippen LogP contribution in [0.4, 0.5) is 0 Å². The minimum absolute atomic E-state index is 0.695. The van der Waals surface area contributed by atoms with Gasteiger partial charge in [-0.3, -0.25) is 0 Å². The third-order valence-corrected chi connectivity index (χ3v) is 4.18. The summed E-state index contributed by atoms with van der Waals surface area (Å²) < 4.78 is 0. The highest BCUT2D eigenvalue weighted by atomic mass is 14.8. The Morgan fingerprint density at radius 3 is 2.29 bits per heavy atom. The van der Waals surface area contributed by atoms with Gasteiger partial charge in [0.2, 0.25) is 0 Å². The molecule has 0 unspecified atom stereocenters. The second-order valence-corrected chi connectivity index (χ2v) is 6.42. The van der Waals surface area contributed by atoms with Crippen LogP contribution < -0.4 is 5.32 Å². The summed E-state index contributed by atoms with van der Waals surface area (Å²) in [5.74, 6) is 0.695. The molecule has 1 heteroatoms. The molecule has 0 aliphatic heterocycles. The molecule has 0 fully saturated rings. The predicted octanol–water partition coefficient (Wildman–Crippen LogP) is 6.99. The lowest BCUT2D eigenvalue weighted by atomic mass is 10.0. The van der Waals surface area contributed by atoms with E-state index in [-0.39, 0.29) is 0 Å². The highest BCUT2D eigenvalue weighted by molar-refractivity contribution is 5.12. The Hall–Kier alpha value is -1.08. The van der Waals surface area contributed by atoms with Crippen molar-refractivity contribution in [2.45, 2.75) is 78.6 Å². The summed E-state index contributed by atoms with van der Waals surface area (Å²) >= 11 is 0. The van der Waals surface area contributed by atoms with Gasteiger partial charge in [-0.1, -0.05) is 88.6 Å². The normalized spacial score (nSPS) is 14.0. The van der Waals surface area contributed by atoms with Crippen molar-refractivity contribution in [1.82, 2.24) is 5.32 Å². The molecule has 1 nitrogen and oxygen atoms in total. The fraction of sp³-hybridized carbons (Fsp3) is 0.652. The first-order valence-electron chi connectivity index (χ1n) is 10.2. The standard InChI is InChI=1S/C23H41N/c1-4-7-9-11-12-13-14-15-16-17-19-23(6-3)20-22-24-21-18-10-8-5-2/h7,9,13-17,19,23-24H,4-6,8,10-12,18,20-22H2,1-3H3/b9-7-,14-13+,16-15-,19-17+/t23-/m1/s1. The lowest BCUT2D eigenvalue weighted by molar-refractivity contribution is 0.517. The van der Waals surface area contributed by atoms with E-state index >= 15 is 0 Å². The molecule has 0 bridgehead atoms. The lowest BCUT2D eigenvalue weighted by Gasteiger charge is -2.10. The van der Waals surface area contributed by atoms with E-state index in [0.717, 1.165) is 25.8 Å². The van der Waals surface area contributed by atoms with Crippen molar-refractivity contribution in [1.29, 1.82) is 0 Å². The van der Waals surface area contributed by atoms with E-state index in [4.69, 9.17) is 0 Å². The molecule has 0 saturated heterocycles. The maximum atomic E-state index is 3.58. The molecule has 0 aromatic rings. The zero-order valence-electron chi connectivity index (χ0n) is 16.5. The summed E-state index contributed by atoms with van der Waals surface area (Å²) in [5.41, 5.74) is 0. The Morgan fingerprint density at radius 2 is 1.54 bits per heavy atom. The highest BCUT2D eigenvalue weighted by Gasteiger charge is 2.00. The molecule has 0 amide bonds. The van der Waals surface area contributed by atoms with Gasteiger partial charge in [0.25, 0.3) is 0 Å². The van der Waals surface area contributed by atoms with Gasteiger partial charge in [-0.2, -0.15) is 0 Å². The van der Waals surface area contributed by atoms with Crippen LogP contribution in [0.25, 0.3) is 0 Å². The highest BCUT2D eigenvalue weighted by Crippen LogP contribution is 2.09. The smallest absolute Gasteiger partial charge is 0.00433 e. The molecule has 0 aliphatic carbocycles. The summed E-state index contributed by atoms with van der Waals surface area (Å²) in [4.78, 5) is 0. The van der Waals surface area contributed by atoms with Crippen LogP contribution in [-0.2, 0) is 0 Å². The van der Waals surface area contributed by atoms with Gasteiger partial charge in [-0.05, 0) is 57.5 Å². The van der Waals surface area contributed by atoms with Crippen LogP contribution >= 0.6 is 0 Å². The average Bonchev–Trinajstić information content (AvgIpc) is 2.60. The zero-order chi connectivity index (χ0) is 17.7. The number of hydrogen-bond donors (Lipinski definition) is 1. The van der Waals surface area contributed by atoms with Gasteiger partial charge in [-0.15, -0.1) is 0 Å². The summed E-state index contributed by atoms with van der Waals surface area (Å²) in [6, 6.07) is 0. The van der Waals surface area contributed by atoms with Crippen molar-refractivity contribution in [2.75, 3.05) is 13.1 Å². The second-order valence-electron chi connectivity index (χ2n) is 6.42. The SMILES string of the molecule is CC/C=C\CC/C=C/C=C\C=C\[C@@H](CC)CCNCCCCCC. The quantitative estimate of drug-likeness (QED) is 0.183. The van der Waals surface area contributed by atoms with Gasteiger partial charge < -0.3 is 5.32 Å². The molecule has 1 atom stereocenters. The van der Waals surface area contributed by atoms with E-state index < -0.39 is 0 Å². The van der Waals surface area contributed by atoms with E-state index in [9.17, 15) is 0 Å². The number of allylic oxidation sites excluding steroid dienone is 8. The van der Waals surface area contributed by atoms with Crippen LogP contribution in [0.2, 0.25) is 0 Å². The molecular formula is C23H41N. The van der Waals surface area contributed by atoms with Crippen molar-refractivity contribution in [3.05, 3.63) is 48.6 Å². The Balaban J connectivity index is 3.70. The first-order valence-corrected chi connectivity index (χ1v) is 10.2. The monoisotopic (exact) mass is 331 g/mol. The van der Waals surface area contributed by atoms with Crippen LogP contribution in [0.5, 0.6) is 0 Å². The van der Waals surface area contributed by atoms with Gasteiger partial charge >= 0.3 is 0 Å². The van der Waals surface area contributed by atoms with Crippen molar-refractivity contribution in [3.63, 3.8) is 0 Å². The molecule has 0 aliphatic rings. The van der Waals surface area contributed by atoms with E-state index in [1.807, 2.05) is 0 Å². The Morgan fingerprint density at radius 1 is 0.750 bits per heavy atom. The van der Waals surface area contributed by atoms with E-state index in [2.05, 4.69) is 74.7 Å². The summed E-state index contributed by atoms with van der Waals surface area (Å²) in [7, 11) is 0. The molecule has 0 heterocycles. The van der Waals surface area contributed by atoms with Crippen LogP contribution in [0.15, 0.2) is 48.6 Å². The number of rotatable bonds is 16. The summed E-state index contributed by atoms with van der Waals surface area (Å²) in [6.07, 6.45) is 29.0. The van der Waals surface area contributed by atoms with Gasteiger partial charge in [0.05, 0.1) is 0 Å². The van der Waals surface area contributed by atoms with Crippen molar-refractivity contribution in [2.24, 2.45) is 5.92 Å². The van der Waals surface area contributed by atoms with Gasteiger partial charge in [0.1, 0.15) is 0 Å².